The first-order chi connectivity index (χ1) is 12.0. The summed E-state index contributed by atoms with van der Waals surface area (Å²) in [4.78, 5) is 23.6. The van der Waals surface area contributed by atoms with Crippen LogP contribution in [0.2, 0.25) is 18.1 Å². The van der Waals surface area contributed by atoms with E-state index in [9.17, 15) is 4.79 Å². The third-order valence-corrected chi connectivity index (χ3v) is 10.2. The molecule has 0 amide bonds. The highest BCUT2D eigenvalue weighted by Gasteiger charge is 2.45. The average molecular weight is 379 g/mol. The molecule has 3 rings (SSSR count). The zero-order valence-corrected chi connectivity index (χ0v) is 17.8. The summed E-state index contributed by atoms with van der Waals surface area (Å²) in [6.45, 7) is 15.1. The summed E-state index contributed by atoms with van der Waals surface area (Å²) in [5.41, 5.74) is 0.667. The van der Waals surface area contributed by atoms with Crippen molar-refractivity contribution >= 4 is 19.5 Å². The van der Waals surface area contributed by atoms with E-state index in [1.807, 2.05) is 4.57 Å². The third-order valence-electron chi connectivity index (χ3n) is 5.68. The summed E-state index contributed by atoms with van der Waals surface area (Å²) >= 11 is 0. The Labute approximate surface area is 155 Å². The van der Waals surface area contributed by atoms with Crippen molar-refractivity contribution < 1.29 is 9.16 Å². The Morgan fingerprint density at radius 1 is 1.42 bits per heavy atom. The van der Waals surface area contributed by atoms with Crippen molar-refractivity contribution in [2.45, 2.75) is 84.0 Å². The number of aromatic amines is 1. The van der Waals surface area contributed by atoms with Gasteiger partial charge in [-0.1, -0.05) is 27.7 Å². The van der Waals surface area contributed by atoms with Crippen molar-refractivity contribution in [2.75, 3.05) is 0 Å². The fourth-order valence-corrected chi connectivity index (χ4v) is 4.43. The van der Waals surface area contributed by atoms with Crippen molar-refractivity contribution in [3.63, 3.8) is 0 Å². The van der Waals surface area contributed by atoms with Gasteiger partial charge in [-0.25, -0.2) is 9.97 Å². The molecule has 0 saturated carbocycles. The van der Waals surface area contributed by atoms with E-state index in [0.29, 0.717) is 17.0 Å². The molecule has 26 heavy (non-hydrogen) atoms. The molecule has 0 radical (unpaired) electrons. The van der Waals surface area contributed by atoms with E-state index in [2.05, 4.69) is 55.7 Å². The van der Waals surface area contributed by atoms with Gasteiger partial charge >= 0.3 is 0 Å². The molecular formula is C18H30N4O3Si. The lowest BCUT2D eigenvalue weighted by molar-refractivity contribution is -0.0320. The fourth-order valence-electron chi connectivity index (χ4n) is 3.11. The molecule has 2 aromatic heterocycles. The number of nitrogens with one attached hydrogen (secondary N) is 1. The van der Waals surface area contributed by atoms with Crippen LogP contribution in [-0.2, 0) is 9.16 Å². The highest BCUT2D eigenvalue weighted by atomic mass is 28.4. The van der Waals surface area contributed by atoms with E-state index in [0.717, 1.165) is 12.8 Å². The van der Waals surface area contributed by atoms with Crippen LogP contribution in [0.1, 0.15) is 52.6 Å². The van der Waals surface area contributed by atoms with Gasteiger partial charge in [-0.15, -0.1) is 0 Å². The molecule has 1 fully saturated rings. The standard InChI is InChI=1S/C18H30N4O3Si/c1-8-12-9-13(25-26(6,7)18(3,4)5)17(24-12)22-10-19-14-15(22)20-11(2)21-16(14)23/h10,12-13,17H,8-9H2,1-7H3,(H,20,21,23)/t12-,13?,17-/m1/s1. The van der Waals surface area contributed by atoms with Crippen molar-refractivity contribution in [1.82, 2.24) is 19.5 Å². The van der Waals surface area contributed by atoms with Crippen molar-refractivity contribution in [1.29, 1.82) is 0 Å². The number of rotatable bonds is 4. The number of hydrogen-bond donors (Lipinski definition) is 1. The summed E-state index contributed by atoms with van der Waals surface area (Å²) in [6, 6.07) is 0. The van der Waals surface area contributed by atoms with Gasteiger partial charge in [0, 0.05) is 6.42 Å². The van der Waals surface area contributed by atoms with Gasteiger partial charge in [0.1, 0.15) is 5.82 Å². The van der Waals surface area contributed by atoms with Gasteiger partial charge in [0.15, 0.2) is 25.7 Å². The van der Waals surface area contributed by atoms with Gasteiger partial charge in [0.05, 0.1) is 18.5 Å². The number of H-pyrrole nitrogens is 1. The van der Waals surface area contributed by atoms with E-state index >= 15 is 0 Å². The molecule has 3 heterocycles. The number of nitrogens with zero attached hydrogens (tertiary/aromatic N) is 3. The maximum Gasteiger partial charge on any atom is 0.279 e. The molecule has 0 aliphatic carbocycles. The number of aromatic nitrogens is 4. The highest BCUT2D eigenvalue weighted by molar-refractivity contribution is 6.74. The van der Waals surface area contributed by atoms with E-state index in [1.165, 1.54) is 0 Å². The molecule has 3 atom stereocenters. The Bertz CT molecular complexity index is 852. The van der Waals surface area contributed by atoms with Crippen molar-refractivity contribution in [3.05, 3.63) is 22.5 Å². The van der Waals surface area contributed by atoms with E-state index in [4.69, 9.17) is 9.16 Å². The second-order valence-corrected chi connectivity index (χ2v) is 13.4. The molecule has 2 aromatic rings. The number of fused-ring (bicyclic) bond motifs is 1. The van der Waals surface area contributed by atoms with Gasteiger partial charge in [-0.2, -0.15) is 0 Å². The largest absolute Gasteiger partial charge is 0.409 e. The number of ether oxygens (including phenoxy) is 1. The molecule has 1 saturated heterocycles. The number of aryl methyl sites for hydroxylation is 1. The molecule has 1 unspecified atom stereocenters. The maximum absolute atomic E-state index is 12.2. The first-order valence-corrected chi connectivity index (χ1v) is 12.2. The molecular weight excluding hydrogens is 348 g/mol. The topological polar surface area (TPSA) is 82.0 Å². The molecule has 1 aliphatic rings. The lowest BCUT2D eigenvalue weighted by Gasteiger charge is -2.39. The summed E-state index contributed by atoms with van der Waals surface area (Å²) in [6.07, 6.45) is 3.17. The molecule has 1 N–H and O–H groups in total. The van der Waals surface area contributed by atoms with Crippen LogP contribution in [0.4, 0.5) is 0 Å². The maximum atomic E-state index is 12.2. The lowest BCUT2D eigenvalue weighted by Crippen LogP contribution is -2.45. The lowest BCUT2D eigenvalue weighted by atomic mass is 10.1. The summed E-state index contributed by atoms with van der Waals surface area (Å²) < 4.78 is 14.8. The van der Waals surface area contributed by atoms with Gasteiger partial charge in [0.2, 0.25) is 0 Å². The summed E-state index contributed by atoms with van der Waals surface area (Å²) in [5.74, 6) is 0.566. The third kappa shape index (κ3) is 3.37. The van der Waals surface area contributed by atoms with Crippen LogP contribution in [0, 0.1) is 6.92 Å². The molecule has 8 heteroatoms. The predicted molar refractivity (Wildman–Crippen MR) is 104 cm³/mol. The van der Waals surface area contributed by atoms with E-state index in [-0.39, 0.29) is 29.0 Å². The van der Waals surface area contributed by atoms with Crippen LogP contribution in [0.15, 0.2) is 11.1 Å². The Morgan fingerprint density at radius 2 is 2.12 bits per heavy atom. The van der Waals surface area contributed by atoms with Crippen LogP contribution in [0.5, 0.6) is 0 Å². The number of hydrogen-bond acceptors (Lipinski definition) is 5. The van der Waals surface area contributed by atoms with Gasteiger partial charge in [0.25, 0.3) is 5.56 Å². The second kappa shape index (κ2) is 6.58. The average Bonchev–Trinajstić information content (AvgIpc) is 3.09. The summed E-state index contributed by atoms with van der Waals surface area (Å²) in [7, 11) is -1.96. The molecule has 7 nitrogen and oxygen atoms in total. The smallest absolute Gasteiger partial charge is 0.279 e. The van der Waals surface area contributed by atoms with E-state index < -0.39 is 8.32 Å². The minimum atomic E-state index is -1.96. The van der Waals surface area contributed by atoms with Gasteiger partial charge in [-0.05, 0) is 31.5 Å². The Morgan fingerprint density at radius 3 is 2.73 bits per heavy atom. The van der Waals surface area contributed by atoms with E-state index in [1.54, 1.807) is 13.3 Å². The molecule has 0 bridgehead atoms. The zero-order chi connectivity index (χ0) is 19.3. The Kier molecular flexibility index (Phi) is 4.87. The Balaban J connectivity index is 2.00. The fraction of sp³-hybridized carbons (Fsp3) is 0.722. The Hall–Kier alpha value is -1.51. The van der Waals surface area contributed by atoms with Gasteiger partial charge in [-0.3, -0.25) is 9.36 Å². The van der Waals surface area contributed by atoms with Crippen LogP contribution in [0.25, 0.3) is 11.2 Å². The van der Waals surface area contributed by atoms with Crippen LogP contribution < -0.4 is 5.56 Å². The van der Waals surface area contributed by atoms with Crippen LogP contribution in [0.3, 0.4) is 0 Å². The molecule has 144 valence electrons. The predicted octanol–water partition coefficient (Wildman–Crippen LogP) is 3.52. The highest BCUT2D eigenvalue weighted by Crippen LogP contribution is 2.42. The minimum absolute atomic E-state index is 0.0698. The SMILES string of the molecule is CC[C@@H]1CC(O[Si](C)(C)C(C)(C)C)[C@H](n2cnc3c(=O)[nH]c(C)nc32)O1. The number of imidazole rings is 1. The first-order valence-electron chi connectivity index (χ1n) is 9.30. The molecule has 0 aromatic carbocycles. The molecule has 0 spiro atoms. The van der Waals surface area contributed by atoms with Gasteiger partial charge < -0.3 is 14.1 Å². The second-order valence-electron chi connectivity index (χ2n) is 8.68. The zero-order valence-electron chi connectivity index (χ0n) is 16.8. The monoisotopic (exact) mass is 378 g/mol. The van der Waals surface area contributed by atoms with Crippen LogP contribution >= 0.6 is 0 Å². The van der Waals surface area contributed by atoms with Crippen molar-refractivity contribution in [3.8, 4) is 0 Å². The minimum Gasteiger partial charge on any atom is -0.409 e. The normalized spacial score (nSPS) is 24.5. The quantitative estimate of drug-likeness (QED) is 0.823. The van der Waals surface area contributed by atoms with Crippen LogP contribution in [-0.4, -0.2) is 40.0 Å². The molecule has 1 aliphatic heterocycles. The summed E-state index contributed by atoms with van der Waals surface area (Å²) in [5, 5.41) is 0.116. The van der Waals surface area contributed by atoms with Crippen molar-refractivity contribution in [2.24, 2.45) is 0 Å². The first kappa shape index (κ1) is 19.3.